The second kappa shape index (κ2) is 22.6. The molecule has 9 nitrogen and oxygen atoms in total. The molecule has 0 atom stereocenters. The fourth-order valence-electron chi connectivity index (χ4n) is 9.27. The molecule has 1 aliphatic rings. The fraction of sp³-hybridized carbons (Fsp3) is 0.579. The first-order valence-corrected chi connectivity index (χ1v) is 29.5. The van der Waals surface area contributed by atoms with Crippen LogP contribution < -0.4 is 0 Å². The zero-order valence-electron chi connectivity index (χ0n) is 45.5. The summed E-state index contributed by atoms with van der Waals surface area (Å²) in [4.78, 5) is 0.649. The Morgan fingerprint density at radius 3 is 0.565 bits per heavy atom. The van der Waals surface area contributed by atoms with E-state index in [2.05, 4.69) is 61.3 Å². The highest BCUT2D eigenvalue weighted by Gasteiger charge is 2.39. The summed E-state index contributed by atoms with van der Waals surface area (Å²) in [5.41, 5.74) is 8.33. The molecule has 0 unspecified atom stereocenters. The van der Waals surface area contributed by atoms with E-state index < -0.39 is 30.1 Å². The largest absolute Gasteiger partial charge is 0.244 e. The van der Waals surface area contributed by atoms with Crippen molar-refractivity contribution in [3.63, 3.8) is 0 Å². The molecule has 0 radical (unpaired) electrons. The van der Waals surface area contributed by atoms with Gasteiger partial charge in [-0.2, -0.15) is 12.9 Å². The van der Waals surface area contributed by atoms with Gasteiger partial charge in [-0.05, 0) is 120 Å². The van der Waals surface area contributed by atoms with Gasteiger partial charge in [0.2, 0.25) is 30.1 Å². The molecule has 1 aliphatic heterocycles. The Morgan fingerprint density at radius 1 is 0.304 bits per heavy atom. The van der Waals surface area contributed by atoms with E-state index in [1.54, 1.807) is 0 Å². The average molecular weight is 1010 g/mol. The van der Waals surface area contributed by atoms with Crippen molar-refractivity contribution in [2.75, 3.05) is 39.3 Å². The molecular weight excluding hydrogens is 919 g/mol. The molecule has 1 heterocycles. The molecule has 0 saturated carbocycles. The number of benzene rings is 3. The van der Waals surface area contributed by atoms with Crippen molar-refractivity contribution in [3.8, 4) is 0 Å². The summed E-state index contributed by atoms with van der Waals surface area (Å²) in [5.74, 6) is -0.485. The third-order valence-electron chi connectivity index (χ3n) is 13.4. The standard InChI is InChI=1S/C57H87N3O6S3/c1-34(2)46-22-49(37(7)8)55(50(23-46)38(9)10)67(61,62)58-28-43(19)30-59(68(63,64)56-51(39(11)12)24-47(35(3)4)25-52(56)40(13)14)32-45(21)33-60(31-44(20)29-58)69(65,66)57-53(41(15)16)26-48(36(5)6)27-54(57)42(17)18/h22-27,34-42H,19-21,28-33H2,1-18H3. The Morgan fingerprint density at radius 2 is 0.449 bits per heavy atom. The topological polar surface area (TPSA) is 112 Å². The van der Waals surface area contributed by atoms with Gasteiger partial charge in [0.1, 0.15) is 0 Å². The predicted octanol–water partition coefficient (Wildman–Crippen LogP) is 13.9. The van der Waals surface area contributed by atoms with Gasteiger partial charge in [0.05, 0.1) is 14.7 Å². The normalized spacial score (nSPS) is 16.5. The zero-order chi connectivity index (χ0) is 52.6. The molecule has 384 valence electrons. The van der Waals surface area contributed by atoms with Crippen molar-refractivity contribution < 1.29 is 25.3 Å². The molecule has 0 aliphatic carbocycles. The highest BCUT2D eigenvalue weighted by atomic mass is 32.2. The number of rotatable bonds is 15. The van der Waals surface area contributed by atoms with Crippen LogP contribution in [0.2, 0.25) is 0 Å². The van der Waals surface area contributed by atoms with E-state index in [1.165, 1.54) is 12.9 Å². The quantitative estimate of drug-likeness (QED) is 0.140. The summed E-state index contributed by atoms with van der Waals surface area (Å²) < 4.78 is 98.2. The van der Waals surface area contributed by atoms with Gasteiger partial charge in [-0.1, -0.05) is 181 Å². The summed E-state index contributed by atoms with van der Waals surface area (Å²) in [6.07, 6.45) is 0. The second-order valence-corrected chi connectivity index (χ2v) is 28.2. The number of hydrogen-bond donors (Lipinski definition) is 0. The Bertz CT molecular complexity index is 2330. The van der Waals surface area contributed by atoms with Gasteiger partial charge in [0, 0.05) is 39.3 Å². The molecular formula is C57H87N3O6S3. The van der Waals surface area contributed by atoms with E-state index in [0.29, 0.717) is 50.1 Å². The molecule has 0 bridgehead atoms. The Hall–Kier alpha value is -3.39. The van der Waals surface area contributed by atoms with Crippen LogP contribution in [-0.4, -0.2) is 77.4 Å². The zero-order valence-corrected chi connectivity index (χ0v) is 48.0. The van der Waals surface area contributed by atoms with Crippen LogP contribution in [0.25, 0.3) is 0 Å². The van der Waals surface area contributed by atoms with Gasteiger partial charge in [0.25, 0.3) is 0 Å². The second-order valence-electron chi connectivity index (χ2n) is 22.5. The number of nitrogens with zero attached hydrogens (tertiary/aromatic N) is 3. The van der Waals surface area contributed by atoms with E-state index >= 15 is 25.3 Å². The summed E-state index contributed by atoms with van der Waals surface area (Å²) in [6, 6.07) is 12.0. The van der Waals surface area contributed by atoms with Crippen LogP contribution >= 0.6 is 0 Å². The highest BCUT2D eigenvalue weighted by Crippen LogP contribution is 2.41. The van der Waals surface area contributed by atoms with Gasteiger partial charge in [-0.25, -0.2) is 25.3 Å². The van der Waals surface area contributed by atoms with Crippen LogP contribution in [0, 0.1) is 0 Å². The van der Waals surface area contributed by atoms with Crippen LogP contribution in [-0.2, 0) is 30.1 Å². The lowest BCUT2D eigenvalue weighted by molar-refractivity contribution is 0.392. The number of sulfonamides is 3. The minimum atomic E-state index is -4.37. The van der Waals surface area contributed by atoms with Crippen LogP contribution in [0.1, 0.15) is 228 Å². The maximum absolute atomic E-state index is 15.7. The molecule has 1 saturated heterocycles. The Labute approximate surface area is 420 Å². The predicted molar refractivity (Wildman–Crippen MR) is 290 cm³/mol. The summed E-state index contributed by atoms with van der Waals surface area (Å²) in [5, 5.41) is 0. The van der Waals surface area contributed by atoms with E-state index in [0.717, 1.165) is 16.7 Å². The third-order valence-corrected chi connectivity index (χ3v) is 19.2. The van der Waals surface area contributed by atoms with E-state index in [9.17, 15) is 0 Å². The first-order valence-electron chi connectivity index (χ1n) is 25.2. The minimum absolute atomic E-state index is 0.150. The molecule has 0 spiro atoms. The molecule has 0 N–H and O–H groups in total. The minimum Gasteiger partial charge on any atom is -0.207 e. The Balaban J connectivity index is 2.10. The highest BCUT2D eigenvalue weighted by molar-refractivity contribution is 7.90. The summed E-state index contributed by atoms with van der Waals surface area (Å²) in [7, 11) is -13.1. The molecule has 4 rings (SSSR count). The monoisotopic (exact) mass is 1010 g/mol. The van der Waals surface area contributed by atoms with Crippen molar-refractivity contribution >= 4 is 30.1 Å². The molecule has 3 aromatic rings. The lowest BCUT2D eigenvalue weighted by Crippen LogP contribution is -2.44. The van der Waals surface area contributed by atoms with Crippen LogP contribution in [0.5, 0.6) is 0 Å². The molecule has 0 aromatic heterocycles. The van der Waals surface area contributed by atoms with E-state index in [-0.39, 0.29) is 107 Å². The third kappa shape index (κ3) is 12.8. The SMILES string of the molecule is C=C1CN(S(=O)(=O)c2c(C(C)C)cc(C(C)C)cc2C(C)C)CC(=C)CN(S(=O)(=O)c2c(C(C)C)cc(C(C)C)cc2C(C)C)CC(=C)CN(S(=O)(=O)c2c(C(C)C)cc(C(C)C)cc2C(C)C)C1. The summed E-state index contributed by atoms with van der Waals surface area (Å²) >= 11 is 0. The van der Waals surface area contributed by atoms with Crippen molar-refractivity contribution in [1.82, 2.24) is 12.9 Å². The molecule has 3 aromatic carbocycles. The molecule has 0 amide bonds. The lowest BCUT2D eigenvalue weighted by atomic mass is 9.89. The van der Waals surface area contributed by atoms with E-state index in [4.69, 9.17) is 0 Å². The number of hydrogen-bond acceptors (Lipinski definition) is 6. The van der Waals surface area contributed by atoms with Crippen molar-refractivity contribution in [1.29, 1.82) is 0 Å². The van der Waals surface area contributed by atoms with Gasteiger partial charge < -0.3 is 0 Å². The average Bonchev–Trinajstić information content (AvgIpc) is 3.23. The molecule has 69 heavy (non-hydrogen) atoms. The van der Waals surface area contributed by atoms with Gasteiger partial charge in [-0.15, -0.1) is 0 Å². The molecule has 1 fully saturated rings. The maximum Gasteiger partial charge on any atom is 0.244 e. The van der Waals surface area contributed by atoms with Crippen molar-refractivity contribution in [2.24, 2.45) is 0 Å². The van der Waals surface area contributed by atoms with Crippen molar-refractivity contribution in [3.05, 3.63) is 123 Å². The fourth-order valence-corrected chi connectivity index (χ4v) is 15.7. The Kier molecular flexibility index (Phi) is 19.0. The van der Waals surface area contributed by atoms with Gasteiger partial charge >= 0.3 is 0 Å². The van der Waals surface area contributed by atoms with Crippen LogP contribution in [0.15, 0.2) is 87.5 Å². The maximum atomic E-state index is 15.7. The lowest BCUT2D eigenvalue weighted by Gasteiger charge is -2.34. The van der Waals surface area contributed by atoms with E-state index in [1.807, 2.05) is 119 Å². The van der Waals surface area contributed by atoms with Gasteiger partial charge in [-0.3, -0.25) is 0 Å². The summed E-state index contributed by atoms with van der Waals surface area (Å²) in [6.45, 7) is 48.2. The van der Waals surface area contributed by atoms with Gasteiger partial charge in [0.15, 0.2) is 0 Å². The van der Waals surface area contributed by atoms with Crippen molar-refractivity contribution in [2.45, 2.75) is 193 Å². The molecule has 12 heteroatoms. The first kappa shape index (κ1) is 58.2. The van der Waals surface area contributed by atoms with Crippen LogP contribution in [0.3, 0.4) is 0 Å². The smallest absolute Gasteiger partial charge is 0.207 e. The first-order chi connectivity index (χ1) is 31.7. The van der Waals surface area contributed by atoms with Crippen LogP contribution in [0.4, 0.5) is 0 Å².